The minimum atomic E-state index is -0.0779. The van der Waals surface area contributed by atoms with Crippen LogP contribution in [0.15, 0.2) is 30.0 Å². The van der Waals surface area contributed by atoms with Crippen LogP contribution in [0.25, 0.3) is 6.08 Å². The maximum absolute atomic E-state index is 12.6. The minimum absolute atomic E-state index is 0.0779. The zero-order valence-electron chi connectivity index (χ0n) is 13.4. The molecule has 0 fully saturated rings. The van der Waals surface area contributed by atoms with Crippen molar-refractivity contribution in [3.05, 3.63) is 52.1 Å². The largest absolute Gasteiger partial charge is 0.488 e. The molecule has 124 valence electrons. The molecule has 1 N–H and O–H groups in total. The molecule has 1 atom stereocenters. The van der Waals surface area contributed by atoms with Gasteiger partial charge in [-0.25, -0.2) is 4.98 Å². The summed E-state index contributed by atoms with van der Waals surface area (Å²) < 4.78 is 7.79. The number of hydrogen-bond acceptors (Lipinski definition) is 3. The Bertz CT molecular complexity index is 841. The van der Waals surface area contributed by atoms with E-state index in [0.717, 1.165) is 42.2 Å². The van der Waals surface area contributed by atoms with Gasteiger partial charge in [0, 0.05) is 35.8 Å². The lowest BCUT2D eigenvalue weighted by Gasteiger charge is -2.26. The summed E-state index contributed by atoms with van der Waals surface area (Å²) in [5.41, 5.74) is 2.49. The van der Waals surface area contributed by atoms with Crippen molar-refractivity contribution in [2.24, 2.45) is 0 Å². The molecule has 0 bridgehead atoms. The highest BCUT2D eigenvalue weighted by Gasteiger charge is 2.24. The molecular weight excluding hydrogens is 326 g/mol. The molecule has 2 aromatic rings. The molecule has 0 saturated heterocycles. The SMILES string of the molecule is Cc1cn2c(n1)CC[C@H](NC(=O)C1=Cc3cc(Cl)ccc3OC1)C2. The van der Waals surface area contributed by atoms with Gasteiger partial charge in [-0.1, -0.05) is 11.6 Å². The number of nitrogens with one attached hydrogen (secondary N) is 1. The van der Waals surface area contributed by atoms with Gasteiger partial charge in [0.25, 0.3) is 5.91 Å². The predicted octanol–water partition coefficient (Wildman–Crippen LogP) is 2.75. The van der Waals surface area contributed by atoms with Gasteiger partial charge in [-0.05, 0) is 37.6 Å². The highest BCUT2D eigenvalue weighted by molar-refractivity contribution is 6.30. The Balaban J connectivity index is 1.47. The van der Waals surface area contributed by atoms with E-state index in [0.29, 0.717) is 10.6 Å². The second kappa shape index (κ2) is 5.98. The van der Waals surface area contributed by atoms with Crippen molar-refractivity contribution in [2.45, 2.75) is 32.4 Å². The summed E-state index contributed by atoms with van der Waals surface area (Å²) >= 11 is 6.02. The minimum Gasteiger partial charge on any atom is -0.488 e. The summed E-state index contributed by atoms with van der Waals surface area (Å²) in [6, 6.07) is 5.53. The number of aromatic nitrogens is 2. The van der Waals surface area contributed by atoms with Crippen molar-refractivity contribution < 1.29 is 9.53 Å². The van der Waals surface area contributed by atoms with E-state index in [1.54, 1.807) is 6.07 Å². The molecule has 0 aliphatic carbocycles. The summed E-state index contributed by atoms with van der Waals surface area (Å²) in [5, 5.41) is 3.75. The molecule has 0 radical (unpaired) electrons. The Morgan fingerprint density at radius 3 is 3.21 bits per heavy atom. The van der Waals surface area contributed by atoms with Gasteiger partial charge in [-0.15, -0.1) is 0 Å². The fourth-order valence-electron chi connectivity index (χ4n) is 3.26. The maximum atomic E-state index is 12.6. The van der Waals surface area contributed by atoms with E-state index < -0.39 is 0 Å². The molecule has 1 aromatic carbocycles. The van der Waals surface area contributed by atoms with Crippen molar-refractivity contribution in [2.75, 3.05) is 6.61 Å². The first-order chi connectivity index (χ1) is 11.6. The number of aryl methyl sites for hydroxylation is 2. The van der Waals surface area contributed by atoms with Crippen molar-refractivity contribution in [1.29, 1.82) is 0 Å². The third kappa shape index (κ3) is 2.91. The topological polar surface area (TPSA) is 56.2 Å². The smallest absolute Gasteiger partial charge is 0.250 e. The molecule has 2 aliphatic heterocycles. The Kier molecular flexibility index (Phi) is 3.81. The Labute approximate surface area is 145 Å². The van der Waals surface area contributed by atoms with Crippen LogP contribution in [0.5, 0.6) is 5.75 Å². The van der Waals surface area contributed by atoms with E-state index >= 15 is 0 Å². The lowest BCUT2D eigenvalue weighted by Crippen LogP contribution is -2.42. The second-order valence-electron chi connectivity index (χ2n) is 6.30. The van der Waals surface area contributed by atoms with Crippen LogP contribution in [0.4, 0.5) is 0 Å². The van der Waals surface area contributed by atoms with E-state index in [-0.39, 0.29) is 18.6 Å². The number of benzene rings is 1. The number of amides is 1. The number of hydrogen-bond donors (Lipinski definition) is 1. The van der Waals surface area contributed by atoms with Crippen LogP contribution in [-0.4, -0.2) is 28.1 Å². The van der Waals surface area contributed by atoms with Gasteiger partial charge in [0.15, 0.2) is 0 Å². The number of rotatable bonds is 2. The molecule has 4 rings (SSSR count). The molecule has 2 aliphatic rings. The number of fused-ring (bicyclic) bond motifs is 2. The number of imidazole rings is 1. The van der Waals surface area contributed by atoms with Crippen LogP contribution in [0, 0.1) is 6.92 Å². The van der Waals surface area contributed by atoms with Crippen LogP contribution >= 0.6 is 11.6 Å². The van der Waals surface area contributed by atoms with E-state index in [1.807, 2.05) is 31.3 Å². The second-order valence-corrected chi connectivity index (χ2v) is 6.74. The molecule has 24 heavy (non-hydrogen) atoms. The summed E-state index contributed by atoms with van der Waals surface area (Å²) in [7, 11) is 0. The number of ether oxygens (including phenoxy) is 1. The fourth-order valence-corrected chi connectivity index (χ4v) is 3.44. The molecule has 3 heterocycles. The van der Waals surface area contributed by atoms with E-state index in [4.69, 9.17) is 16.3 Å². The number of carbonyl (C=O) groups is 1. The van der Waals surface area contributed by atoms with Crippen molar-refractivity contribution in [3.8, 4) is 5.75 Å². The van der Waals surface area contributed by atoms with Gasteiger partial charge in [0.05, 0.1) is 11.3 Å². The first-order valence-electron chi connectivity index (χ1n) is 8.05. The van der Waals surface area contributed by atoms with Crippen molar-refractivity contribution in [3.63, 3.8) is 0 Å². The fraction of sp³-hybridized carbons (Fsp3) is 0.333. The number of halogens is 1. The zero-order valence-corrected chi connectivity index (χ0v) is 14.1. The van der Waals surface area contributed by atoms with Crippen LogP contribution in [0.1, 0.15) is 23.5 Å². The first kappa shape index (κ1) is 15.3. The van der Waals surface area contributed by atoms with Crippen molar-refractivity contribution in [1.82, 2.24) is 14.9 Å². The third-order valence-corrected chi connectivity index (χ3v) is 4.66. The first-order valence-corrected chi connectivity index (χ1v) is 8.43. The van der Waals surface area contributed by atoms with Crippen LogP contribution in [-0.2, 0) is 17.8 Å². The Morgan fingerprint density at radius 1 is 1.46 bits per heavy atom. The predicted molar refractivity (Wildman–Crippen MR) is 92.1 cm³/mol. The van der Waals surface area contributed by atoms with Crippen LogP contribution < -0.4 is 10.1 Å². The van der Waals surface area contributed by atoms with Gasteiger partial charge < -0.3 is 14.6 Å². The average Bonchev–Trinajstić information content (AvgIpc) is 2.93. The molecule has 1 aromatic heterocycles. The summed E-state index contributed by atoms with van der Waals surface area (Å²) in [5.74, 6) is 1.78. The van der Waals surface area contributed by atoms with E-state index in [9.17, 15) is 4.79 Å². The normalized spacial score (nSPS) is 18.9. The number of carbonyl (C=O) groups excluding carboxylic acids is 1. The molecule has 0 unspecified atom stereocenters. The summed E-state index contributed by atoms with van der Waals surface area (Å²) in [6.45, 7) is 3.03. The summed E-state index contributed by atoms with van der Waals surface area (Å²) in [4.78, 5) is 17.1. The van der Waals surface area contributed by atoms with E-state index in [2.05, 4.69) is 14.9 Å². The maximum Gasteiger partial charge on any atom is 0.250 e. The van der Waals surface area contributed by atoms with Crippen LogP contribution in [0.2, 0.25) is 5.02 Å². The van der Waals surface area contributed by atoms with E-state index in [1.165, 1.54) is 0 Å². The van der Waals surface area contributed by atoms with Gasteiger partial charge in [0.2, 0.25) is 0 Å². The number of nitrogens with zero attached hydrogens (tertiary/aromatic N) is 2. The highest BCUT2D eigenvalue weighted by atomic mass is 35.5. The molecule has 0 saturated carbocycles. The molecule has 1 amide bonds. The monoisotopic (exact) mass is 343 g/mol. The van der Waals surface area contributed by atoms with Crippen LogP contribution in [0.3, 0.4) is 0 Å². The molecule has 6 heteroatoms. The molecular formula is C18H18ClN3O2. The van der Waals surface area contributed by atoms with Gasteiger partial charge in [-0.2, -0.15) is 0 Å². The average molecular weight is 344 g/mol. The molecule has 5 nitrogen and oxygen atoms in total. The third-order valence-electron chi connectivity index (χ3n) is 4.42. The standard InChI is InChI=1S/C18H18ClN3O2/c1-11-8-22-9-15(3-5-17(22)20-11)21-18(23)13-6-12-7-14(19)2-4-16(12)24-10-13/h2,4,6-8,15H,3,5,9-10H2,1H3,(H,21,23)/t15-/m0/s1. The molecule has 0 spiro atoms. The summed E-state index contributed by atoms with van der Waals surface area (Å²) in [6.07, 6.45) is 5.68. The van der Waals surface area contributed by atoms with Gasteiger partial charge in [-0.3, -0.25) is 4.79 Å². The lowest BCUT2D eigenvalue weighted by atomic mass is 10.0. The van der Waals surface area contributed by atoms with Gasteiger partial charge >= 0.3 is 0 Å². The quantitative estimate of drug-likeness (QED) is 0.912. The Hall–Kier alpha value is -2.27. The van der Waals surface area contributed by atoms with Crippen molar-refractivity contribution >= 4 is 23.6 Å². The lowest BCUT2D eigenvalue weighted by molar-refractivity contribution is -0.118. The Morgan fingerprint density at radius 2 is 2.33 bits per heavy atom. The zero-order chi connectivity index (χ0) is 16.7. The van der Waals surface area contributed by atoms with Gasteiger partial charge in [0.1, 0.15) is 18.2 Å². The highest BCUT2D eigenvalue weighted by Crippen LogP contribution is 2.29.